The first kappa shape index (κ1) is 17.0. The Morgan fingerprint density at radius 2 is 2.08 bits per heavy atom. The lowest BCUT2D eigenvalue weighted by molar-refractivity contribution is -0.139. The Bertz CT molecular complexity index is 855. The monoisotopic (exact) mass is 354 g/mol. The maximum absolute atomic E-state index is 11.9. The summed E-state index contributed by atoms with van der Waals surface area (Å²) in [5.41, 5.74) is 1.16. The van der Waals surface area contributed by atoms with Crippen molar-refractivity contribution in [3.63, 3.8) is 0 Å². The number of hydrogen-bond donors (Lipinski definition) is 0. The fraction of sp³-hybridized carbons (Fsp3) is 0.222. The predicted molar refractivity (Wildman–Crippen MR) is 96.7 cm³/mol. The second-order valence-electron chi connectivity index (χ2n) is 5.33. The Kier molecular flexibility index (Phi) is 5.69. The number of carbonyl (C=O) groups excluding carboxylic acids is 1. The molecule has 25 heavy (non-hydrogen) atoms. The third-order valence-electron chi connectivity index (χ3n) is 3.45. The van der Waals surface area contributed by atoms with Crippen molar-refractivity contribution in [2.75, 3.05) is 0 Å². The van der Waals surface area contributed by atoms with Gasteiger partial charge < -0.3 is 4.74 Å². The van der Waals surface area contributed by atoms with Crippen molar-refractivity contribution in [2.24, 2.45) is 0 Å². The average Bonchev–Trinajstić information content (AvgIpc) is 3.29. The Hall–Kier alpha value is -2.80. The van der Waals surface area contributed by atoms with Crippen LogP contribution in [0.4, 0.5) is 0 Å². The topological polar surface area (TPSA) is 69.9 Å². The van der Waals surface area contributed by atoms with Crippen LogP contribution in [0.3, 0.4) is 0 Å². The smallest absolute Gasteiger partial charge is 0.331 e. The fourth-order valence-electron chi connectivity index (χ4n) is 2.25. The van der Waals surface area contributed by atoms with E-state index in [-0.39, 0.29) is 6.61 Å². The molecule has 2 heterocycles. The summed E-state index contributed by atoms with van der Waals surface area (Å²) in [5, 5.41) is 11.3. The number of benzene rings is 1. The SMILES string of the molecule is CCCn1nnnc1COC(=O)/C=C/c1ccc(-c2ccccc2)s1. The lowest BCUT2D eigenvalue weighted by Gasteiger charge is -2.02. The van der Waals surface area contributed by atoms with Gasteiger partial charge in [-0.3, -0.25) is 0 Å². The van der Waals surface area contributed by atoms with E-state index in [0.29, 0.717) is 12.4 Å². The summed E-state index contributed by atoms with van der Waals surface area (Å²) in [4.78, 5) is 14.0. The van der Waals surface area contributed by atoms with Gasteiger partial charge in [-0.2, -0.15) is 0 Å². The van der Waals surface area contributed by atoms with Gasteiger partial charge in [0.05, 0.1) is 0 Å². The van der Waals surface area contributed by atoms with Gasteiger partial charge in [0.2, 0.25) is 0 Å². The first-order chi connectivity index (χ1) is 12.3. The molecule has 0 saturated carbocycles. The van der Waals surface area contributed by atoms with Crippen LogP contribution in [0.15, 0.2) is 48.5 Å². The number of nitrogens with zero attached hydrogens (tertiary/aromatic N) is 4. The zero-order valence-electron chi connectivity index (χ0n) is 13.8. The van der Waals surface area contributed by atoms with Gasteiger partial charge in [0.15, 0.2) is 12.4 Å². The van der Waals surface area contributed by atoms with E-state index in [4.69, 9.17) is 4.74 Å². The molecular weight excluding hydrogens is 336 g/mol. The molecule has 6 nitrogen and oxygen atoms in total. The molecule has 0 aliphatic carbocycles. The zero-order valence-corrected chi connectivity index (χ0v) is 14.6. The molecule has 0 radical (unpaired) electrons. The van der Waals surface area contributed by atoms with Gasteiger partial charge in [-0.15, -0.1) is 16.4 Å². The molecule has 0 amide bonds. The Labute approximate surface area is 149 Å². The largest absolute Gasteiger partial charge is 0.454 e. The first-order valence-electron chi connectivity index (χ1n) is 8.01. The van der Waals surface area contributed by atoms with Crippen molar-refractivity contribution < 1.29 is 9.53 Å². The van der Waals surface area contributed by atoms with E-state index < -0.39 is 5.97 Å². The molecule has 0 atom stereocenters. The number of thiophene rings is 1. The number of rotatable bonds is 7. The summed E-state index contributed by atoms with van der Waals surface area (Å²) in [6.45, 7) is 2.80. The highest BCUT2D eigenvalue weighted by Crippen LogP contribution is 2.28. The number of aryl methyl sites for hydroxylation is 1. The van der Waals surface area contributed by atoms with Crippen molar-refractivity contribution in [2.45, 2.75) is 26.5 Å². The number of aromatic nitrogens is 4. The third-order valence-corrected chi connectivity index (χ3v) is 4.55. The van der Waals surface area contributed by atoms with E-state index in [1.807, 2.05) is 37.3 Å². The van der Waals surface area contributed by atoms with Gasteiger partial charge in [0.1, 0.15) is 0 Å². The minimum Gasteiger partial charge on any atom is -0.454 e. The Morgan fingerprint density at radius 3 is 2.88 bits per heavy atom. The van der Waals surface area contributed by atoms with Crippen LogP contribution in [0.1, 0.15) is 24.0 Å². The van der Waals surface area contributed by atoms with E-state index in [2.05, 4.69) is 27.7 Å². The molecule has 1 aromatic carbocycles. The molecule has 0 aliphatic heterocycles. The van der Waals surface area contributed by atoms with Crippen LogP contribution >= 0.6 is 11.3 Å². The lowest BCUT2D eigenvalue weighted by Crippen LogP contribution is -2.09. The van der Waals surface area contributed by atoms with Crippen LogP contribution in [-0.4, -0.2) is 26.2 Å². The van der Waals surface area contributed by atoms with Crippen molar-refractivity contribution in [1.82, 2.24) is 20.2 Å². The number of tetrazole rings is 1. The molecule has 0 aliphatic rings. The number of carbonyl (C=O) groups is 1. The molecule has 0 fully saturated rings. The Balaban J connectivity index is 1.56. The highest BCUT2D eigenvalue weighted by Gasteiger charge is 2.07. The molecule has 128 valence electrons. The fourth-order valence-corrected chi connectivity index (χ4v) is 3.16. The maximum atomic E-state index is 11.9. The summed E-state index contributed by atoms with van der Waals surface area (Å²) in [6.07, 6.45) is 4.09. The summed E-state index contributed by atoms with van der Waals surface area (Å²) in [5.74, 6) is 0.131. The second kappa shape index (κ2) is 8.34. The normalized spacial score (nSPS) is 11.1. The molecule has 7 heteroatoms. The standard InChI is InChI=1S/C18H18N4O2S/c1-2-12-22-17(19-20-21-22)13-24-18(23)11-9-15-8-10-16(25-15)14-6-4-3-5-7-14/h3-11H,2,12-13H2,1H3/b11-9+. The number of esters is 1. The minimum atomic E-state index is -0.416. The van der Waals surface area contributed by atoms with Crippen LogP contribution in [0.2, 0.25) is 0 Å². The number of ether oxygens (including phenoxy) is 1. The molecule has 2 aromatic heterocycles. The molecule has 0 N–H and O–H groups in total. The maximum Gasteiger partial charge on any atom is 0.331 e. The summed E-state index contributed by atoms with van der Waals surface area (Å²) >= 11 is 1.62. The Morgan fingerprint density at radius 1 is 1.24 bits per heavy atom. The van der Waals surface area contributed by atoms with E-state index in [0.717, 1.165) is 21.7 Å². The van der Waals surface area contributed by atoms with Crippen molar-refractivity contribution in [3.8, 4) is 10.4 Å². The van der Waals surface area contributed by atoms with Crippen LogP contribution < -0.4 is 0 Å². The zero-order chi connectivity index (χ0) is 17.5. The highest BCUT2D eigenvalue weighted by atomic mass is 32.1. The van der Waals surface area contributed by atoms with Gasteiger partial charge in [0, 0.05) is 22.4 Å². The van der Waals surface area contributed by atoms with Crippen molar-refractivity contribution >= 4 is 23.4 Å². The summed E-state index contributed by atoms with van der Waals surface area (Å²) in [6, 6.07) is 14.2. The first-order valence-corrected chi connectivity index (χ1v) is 8.83. The molecule has 0 saturated heterocycles. The highest BCUT2D eigenvalue weighted by molar-refractivity contribution is 7.16. The molecular formula is C18H18N4O2S. The van der Waals surface area contributed by atoms with Crippen molar-refractivity contribution in [3.05, 3.63) is 59.2 Å². The van der Waals surface area contributed by atoms with Gasteiger partial charge in [-0.05, 0) is 40.6 Å². The molecule has 0 spiro atoms. The molecule has 0 unspecified atom stereocenters. The molecule has 3 aromatic rings. The van der Waals surface area contributed by atoms with E-state index in [1.165, 1.54) is 6.08 Å². The van der Waals surface area contributed by atoms with Gasteiger partial charge >= 0.3 is 5.97 Å². The van der Waals surface area contributed by atoms with E-state index >= 15 is 0 Å². The van der Waals surface area contributed by atoms with Gasteiger partial charge in [-0.25, -0.2) is 9.48 Å². The summed E-state index contributed by atoms with van der Waals surface area (Å²) in [7, 11) is 0. The van der Waals surface area contributed by atoms with E-state index in [9.17, 15) is 4.79 Å². The second-order valence-corrected chi connectivity index (χ2v) is 6.44. The molecule has 0 bridgehead atoms. The van der Waals surface area contributed by atoms with Gasteiger partial charge in [-0.1, -0.05) is 37.3 Å². The van der Waals surface area contributed by atoms with Crippen LogP contribution in [0, 0.1) is 0 Å². The third kappa shape index (κ3) is 4.60. The quantitative estimate of drug-likeness (QED) is 0.479. The van der Waals surface area contributed by atoms with Crippen LogP contribution in [-0.2, 0) is 22.7 Å². The summed E-state index contributed by atoms with van der Waals surface area (Å²) < 4.78 is 6.84. The predicted octanol–water partition coefficient (Wildman–Crippen LogP) is 3.57. The van der Waals surface area contributed by atoms with Crippen LogP contribution in [0.5, 0.6) is 0 Å². The van der Waals surface area contributed by atoms with Crippen molar-refractivity contribution in [1.29, 1.82) is 0 Å². The minimum absolute atomic E-state index is 0.0654. The van der Waals surface area contributed by atoms with Gasteiger partial charge in [0.25, 0.3) is 0 Å². The average molecular weight is 354 g/mol. The molecule has 3 rings (SSSR count). The lowest BCUT2D eigenvalue weighted by atomic mass is 10.2. The number of hydrogen-bond acceptors (Lipinski definition) is 6. The van der Waals surface area contributed by atoms with Crippen LogP contribution in [0.25, 0.3) is 16.5 Å². The van der Waals surface area contributed by atoms with E-state index in [1.54, 1.807) is 22.1 Å².